The number of pyridine rings is 1. The number of carbonyl (C=O) groups is 1. The number of fused-ring (bicyclic) bond motifs is 1. The lowest BCUT2D eigenvalue weighted by atomic mass is 9.93. The summed E-state index contributed by atoms with van der Waals surface area (Å²) in [6.07, 6.45) is 0. The predicted molar refractivity (Wildman–Crippen MR) is 134 cm³/mol. The minimum Gasteiger partial charge on any atom is -0.497 e. The summed E-state index contributed by atoms with van der Waals surface area (Å²) in [6, 6.07) is 25.7. The summed E-state index contributed by atoms with van der Waals surface area (Å²) < 4.78 is 7.00. The van der Waals surface area contributed by atoms with E-state index in [1.165, 1.54) is 6.07 Å². The van der Waals surface area contributed by atoms with E-state index in [2.05, 4.69) is 0 Å². The van der Waals surface area contributed by atoms with E-state index in [1.807, 2.05) is 24.3 Å². The fourth-order valence-electron chi connectivity index (χ4n) is 4.50. The zero-order valence-corrected chi connectivity index (χ0v) is 19.7. The predicted octanol–water partition coefficient (Wildman–Crippen LogP) is 6.15. The molecule has 3 aromatic carbocycles. The lowest BCUT2D eigenvalue weighted by molar-refractivity contribution is 0.0977. The number of methoxy groups -OCH3 is 1. The Kier molecular flexibility index (Phi) is 5.90. The monoisotopic (exact) mass is 490 g/mol. The highest BCUT2D eigenvalue weighted by molar-refractivity contribution is 6.30. The van der Waals surface area contributed by atoms with Crippen LogP contribution < -0.4 is 15.2 Å². The third-order valence-electron chi connectivity index (χ3n) is 6.03. The lowest BCUT2D eigenvalue weighted by Crippen LogP contribution is -2.33. The first-order valence-corrected chi connectivity index (χ1v) is 11.4. The number of benzene rings is 3. The Balaban J connectivity index is 1.75. The number of amides is 1. The van der Waals surface area contributed by atoms with Crippen LogP contribution in [0.5, 0.6) is 5.75 Å². The molecule has 34 heavy (non-hydrogen) atoms. The minimum atomic E-state index is -0.493. The van der Waals surface area contributed by atoms with Crippen molar-refractivity contribution in [3.05, 3.63) is 128 Å². The maximum Gasteiger partial charge on any atom is 0.260 e. The van der Waals surface area contributed by atoms with Gasteiger partial charge in [-0.15, -0.1) is 0 Å². The van der Waals surface area contributed by atoms with Crippen molar-refractivity contribution >= 4 is 34.9 Å². The van der Waals surface area contributed by atoms with Crippen molar-refractivity contribution in [1.82, 2.24) is 4.57 Å². The van der Waals surface area contributed by atoms with Gasteiger partial charge >= 0.3 is 0 Å². The van der Waals surface area contributed by atoms with Crippen molar-refractivity contribution in [2.75, 3.05) is 12.0 Å². The van der Waals surface area contributed by atoms with Crippen LogP contribution in [-0.4, -0.2) is 17.6 Å². The Labute approximate surface area is 206 Å². The molecule has 2 heterocycles. The van der Waals surface area contributed by atoms with Gasteiger partial charge in [0.1, 0.15) is 11.6 Å². The van der Waals surface area contributed by atoms with Crippen LogP contribution in [0, 0.1) is 0 Å². The fourth-order valence-corrected chi connectivity index (χ4v) is 4.75. The highest BCUT2D eigenvalue weighted by Crippen LogP contribution is 2.47. The smallest absolute Gasteiger partial charge is 0.260 e. The van der Waals surface area contributed by atoms with E-state index in [-0.39, 0.29) is 11.5 Å². The number of carbonyl (C=O) groups excluding carboxylic acids is 1. The van der Waals surface area contributed by atoms with Crippen molar-refractivity contribution in [2.45, 2.75) is 12.1 Å². The van der Waals surface area contributed by atoms with E-state index in [4.69, 9.17) is 27.9 Å². The molecular weight excluding hydrogens is 471 g/mol. The molecule has 0 aliphatic carbocycles. The van der Waals surface area contributed by atoms with Gasteiger partial charge < -0.3 is 4.74 Å². The molecule has 0 unspecified atom stereocenters. The molecule has 0 bridgehead atoms. The molecule has 170 valence electrons. The van der Waals surface area contributed by atoms with E-state index < -0.39 is 12.1 Å². The van der Waals surface area contributed by atoms with Crippen molar-refractivity contribution in [3.8, 4) is 5.75 Å². The summed E-state index contributed by atoms with van der Waals surface area (Å²) in [6.45, 7) is 0. The summed E-state index contributed by atoms with van der Waals surface area (Å²) in [4.78, 5) is 28.8. The molecule has 0 spiro atoms. The van der Waals surface area contributed by atoms with Gasteiger partial charge in [-0.1, -0.05) is 59.6 Å². The molecule has 1 amide bonds. The molecule has 0 saturated carbocycles. The maximum absolute atomic E-state index is 14.0. The average Bonchev–Trinajstić information content (AvgIpc) is 3.21. The zero-order valence-electron chi connectivity index (χ0n) is 18.2. The topological polar surface area (TPSA) is 51.5 Å². The molecule has 5 nitrogen and oxygen atoms in total. The van der Waals surface area contributed by atoms with Crippen LogP contribution in [0.1, 0.15) is 33.6 Å². The van der Waals surface area contributed by atoms with Gasteiger partial charge in [0, 0.05) is 21.7 Å². The second-order valence-electron chi connectivity index (χ2n) is 7.99. The molecule has 0 saturated heterocycles. The number of aromatic nitrogens is 1. The van der Waals surface area contributed by atoms with E-state index in [1.54, 1.807) is 77.2 Å². The first kappa shape index (κ1) is 22.3. The van der Waals surface area contributed by atoms with Crippen LogP contribution >= 0.6 is 23.2 Å². The second-order valence-corrected chi connectivity index (χ2v) is 8.86. The Morgan fingerprint density at radius 1 is 0.794 bits per heavy atom. The molecule has 1 aliphatic rings. The highest BCUT2D eigenvalue weighted by Gasteiger charge is 2.44. The summed E-state index contributed by atoms with van der Waals surface area (Å²) in [5, 5.41) is 1.18. The zero-order chi connectivity index (χ0) is 23.8. The number of hydrogen-bond donors (Lipinski definition) is 0. The van der Waals surface area contributed by atoms with Gasteiger partial charge in [-0.05, 0) is 59.7 Å². The second kappa shape index (κ2) is 9.01. The fraction of sp³-hybridized carbons (Fsp3) is 0.111. The summed E-state index contributed by atoms with van der Waals surface area (Å²) >= 11 is 12.3. The maximum atomic E-state index is 14.0. The van der Waals surface area contributed by atoms with Crippen LogP contribution in [0.3, 0.4) is 0 Å². The number of halogens is 2. The van der Waals surface area contributed by atoms with Crippen LogP contribution in [-0.2, 0) is 0 Å². The largest absolute Gasteiger partial charge is 0.497 e. The number of nitrogens with zero attached hydrogens (tertiary/aromatic N) is 2. The molecule has 5 rings (SSSR count). The van der Waals surface area contributed by atoms with E-state index in [0.717, 1.165) is 11.1 Å². The molecule has 0 radical (unpaired) electrons. The number of hydrogen-bond acceptors (Lipinski definition) is 3. The van der Waals surface area contributed by atoms with Gasteiger partial charge in [0.2, 0.25) is 0 Å². The van der Waals surface area contributed by atoms with Crippen LogP contribution in [0.4, 0.5) is 5.82 Å². The molecule has 2 atom stereocenters. The van der Waals surface area contributed by atoms with Crippen molar-refractivity contribution in [2.24, 2.45) is 0 Å². The van der Waals surface area contributed by atoms with Crippen LogP contribution in [0.2, 0.25) is 10.0 Å². The molecule has 4 aromatic rings. The normalized spacial score (nSPS) is 16.9. The van der Waals surface area contributed by atoms with Gasteiger partial charge in [0.15, 0.2) is 0 Å². The van der Waals surface area contributed by atoms with Crippen molar-refractivity contribution < 1.29 is 9.53 Å². The standard InChI is InChI=1S/C27H20Cl2N2O3/c1-34-22-5-2-4-19(16-22)27(33)31-23-6-3-7-24(32)30(23)25(17-8-12-20(28)13-9-17)26(31)18-10-14-21(29)15-11-18/h2-16,25-26H,1H3/t25-,26+/m0/s1. The minimum absolute atomic E-state index is 0.197. The summed E-state index contributed by atoms with van der Waals surface area (Å²) in [5.41, 5.74) is 1.97. The van der Waals surface area contributed by atoms with Gasteiger partial charge in [0.05, 0.1) is 19.2 Å². The van der Waals surface area contributed by atoms with Crippen molar-refractivity contribution in [1.29, 1.82) is 0 Å². The lowest BCUT2D eigenvalue weighted by Gasteiger charge is -2.28. The molecule has 1 aromatic heterocycles. The van der Waals surface area contributed by atoms with E-state index in [9.17, 15) is 9.59 Å². The van der Waals surface area contributed by atoms with Crippen LogP contribution in [0.25, 0.3) is 0 Å². The van der Waals surface area contributed by atoms with Gasteiger partial charge in [0.25, 0.3) is 11.5 Å². The van der Waals surface area contributed by atoms with E-state index in [0.29, 0.717) is 27.2 Å². The molecule has 1 aliphatic heterocycles. The summed E-state index contributed by atoms with van der Waals surface area (Å²) in [7, 11) is 1.56. The number of rotatable bonds is 4. The van der Waals surface area contributed by atoms with Gasteiger partial charge in [-0.3, -0.25) is 19.1 Å². The Bertz CT molecular complexity index is 1420. The average molecular weight is 491 g/mol. The molecule has 7 heteroatoms. The third kappa shape index (κ3) is 3.87. The number of ether oxygens (including phenoxy) is 1. The summed E-state index contributed by atoms with van der Waals surface area (Å²) in [5.74, 6) is 0.850. The third-order valence-corrected chi connectivity index (χ3v) is 6.53. The van der Waals surface area contributed by atoms with Gasteiger partial charge in [-0.2, -0.15) is 0 Å². The molecule has 0 fully saturated rings. The molecular formula is C27H20Cl2N2O3. The Morgan fingerprint density at radius 3 is 2.00 bits per heavy atom. The van der Waals surface area contributed by atoms with Gasteiger partial charge in [-0.25, -0.2) is 0 Å². The Morgan fingerprint density at radius 2 is 1.38 bits per heavy atom. The first-order valence-electron chi connectivity index (χ1n) is 10.7. The van der Waals surface area contributed by atoms with Crippen molar-refractivity contribution in [3.63, 3.8) is 0 Å². The molecule has 0 N–H and O–H groups in total. The van der Waals surface area contributed by atoms with E-state index >= 15 is 0 Å². The highest BCUT2D eigenvalue weighted by atomic mass is 35.5. The number of anilines is 1. The van der Waals surface area contributed by atoms with Crippen LogP contribution in [0.15, 0.2) is 95.8 Å². The first-order chi connectivity index (χ1) is 16.5. The Hall–Kier alpha value is -3.54. The SMILES string of the molecule is COc1cccc(C(=O)N2c3cccc(=O)n3[C@@H](c3ccc(Cl)cc3)[C@H]2c2ccc(Cl)cc2)c1. The quantitative estimate of drug-likeness (QED) is 0.344.